The monoisotopic (exact) mass is 376 g/mol. The van der Waals surface area contributed by atoms with Crippen LogP contribution in [0, 0.1) is 0 Å². The van der Waals surface area contributed by atoms with E-state index in [4.69, 9.17) is 5.11 Å². The maximum absolute atomic E-state index is 12.5. The van der Waals surface area contributed by atoms with Crippen LogP contribution in [-0.4, -0.2) is 29.6 Å². The number of anilines is 1. The van der Waals surface area contributed by atoms with Gasteiger partial charge in [-0.25, -0.2) is 0 Å². The van der Waals surface area contributed by atoms with Crippen LogP contribution >= 0.6 is 15.9 Å². The van der Waals surface area contributed by atoms with Gasteiger partial charge < -0.3 is 10.4 Å². The van der Waals surface area contributed by atoms with Gasteiger partial charge in [0.1, 0.15) is 0 Å². The molecule has 3 N–H and O–H groups in total. The zero-order valence-corrected chi connectivity index (χ0v) is 13.9. The summed E-state index contributed by atoms with van der Waals surface area (Å²) in [6.45, 7) is -0.274. The molecule has 2 rings (SSSR count). The van der Waals surface area contributed by atoms with Gasteiger partial charge in [0.2, 0.25) is 5.91 Å². The van der Waals surface area contributed by atoms with E-state index in [0.29, 0.717) is 12.1 Å². The van der Waals surface area contributed by atoms with Crippen molar-refractivity contribution in [2.45, 2.75) is 12.5 Å². The van der Waals surface area contributed by atoms with Gasteiger partial charge >= 0.3 is 5.97 Å². The second-order valence-corrected chi connectivity index (χ2v) is 5.93. The van der Waals surface area contributed by atoms with E-state index in [1.54, 1.807) is 12.1 Å². The molecule has 2 aromatic rings. The first-order chi connectivity index (χ1) is 11.0. The molecule has 2 aromatic carbocycles. The van der Waals surface area contributed by atoms with E-state index < -0.39 is 12.0 Å². The average molecular weight is 377 g/mol. The highest BCUT2D eigenvalue weighted by atomic mass is 79.9. The number of aliphatic carboxylic acids is 1. The van der Waals surface area contributed by atoms with Gasteiger partial charge in [-0.15, -0.1) is 0 Å². The first-order valence-corrected chi connectivity index (χ1v) is 7.89. The van der Waals surface area contributed by atoms with Crippen molar-refractivity contribution in [3.05, 3.63) is 64.6 Å². The SMILES string of the molecule is O=C(O)CNC(Cc1ccccc1)C(=O)Nc1cccc(Br)c1. The quantitative estimate of drug-likeness (QED) is 0.693. The minimum Gasteiger partial charge on any atom is -0.480 e. The van der Waals surface area contributed by atoms with Gasteiger partial charge in [-0.05, 0) is 30.2 Å². The number of amides is 1. The molecule has 0 saturated heterocycles. The second kappa shape index (κ2) is 8.45. The molecule has 0 aliphatic carbocycles. The van der Waals surface area contributed by atoms with Crippen LogP contribution in [0.15, 0.2) is 59.1 Å². The molecule has 6 heteroatoms. The summed E-state index contributed by atoms with van der Waals surface area (Å²) in [7, 11) is 0. The lowest BCUT2D eigenvalue weighted by Gasteiger charge is -2.18. The molecule has 0 aliphatic heterocycles. The van der Waals surface area contributed by atoms with E-state index in [0.717, 1.165) is 10.0 Å². The largest absolute Gasteiger partial charge is 0.480 e. The smallest absolute Gasteiger partial charge is 0.317 e. The summed E-state index contributed by atoms with van der Waals surface area (Å²) in [5, 5.41) is 14.4. The van der Waals surface area contributed by atoms with E-state index in [1.807, 2.05) is 42.5 Å². The Morgan fingerprint density at radius 1 is 1.09 bits per heavy atom. The van der Waals surface area contributed by atoms with E-state index in [9.17, 15) is 9.59 Å². The van der Waals surface area contributed by atoms with Crippen molar-refractivity contribution in [3.63, 3.8) is 0 Å². The average Bonchev–Trinajstić information content (AvgIpc) is 2.52. The van der Waals surface area contributed by atoms with Crippen molar-refractivity contribution in [1.29, 1.82) is 0 Å². The predicted molar refractivity (Wildman–Crippen MR) is 92.3 cm³/mol. The van der Waals surface area contributed by atoms with Gasteiger partial charge in [-0.3, -0.25) is 14.9 Å². The molecule has 23 heavy (non-hydrogen) atoms. The van der Waals surface area contributed by atoms with E-state index >= 15 is 0 Å². The lowest BCUT2D eigenvalue weighted by molar-refractivity contribution is -0.136. The molecular weight excluding hydrogens is 360 g/mol. The Balaban J connectivity index is 2.08. The number of carbonyl (C=O) groups excluding carboxylic acids is 1. The zero-order valence-electron chi connectivity index (χ0n) is 12.3. The molecule has 0 aromatic heterocycles. The molecule has 0 heterocycles. The molecule has 120 valence electrons. The molecule has 0 bridgehead atoms. The van der Waals surface area contributed by atoms with Crippen LogP contribution in [0.4, 0.5) is 5.69 Å². The number of carboxylic acids is 1. The Kier molecular flexibility index (Phi) is 6.31. The molecule has 5 nitrogen and oxygen atoms in total. The Hall–Kier alpha value is -2.18. The number of carboxylic acid groups (broad SMARTS) is 1. The highest BCUT2D eigenvalue weighted by Gasteiger charge is 2.19. The van der Waals surface area contributed by atoms with E-state index in [-0.39, 0.29) is 12.5 Å². The number of hydrogen-bond donors (Lipinski definition) is 3. The molecular formula is C17H17BrN2O3. The molecule has 0 aliphatic rings. The molecule has 1 unspecified atom stereocenters. The molecule has 1 amide bonds. The second-order valence-electron chi connectivity index (χ2n) is 5.02. The van der Waals surface area contributed by atoms with Gasteiger partial charge in [0.25, 0.3) is 0 Å². The van der Waals surface area contributed by atoms with E-state index in [2.05, 4.69) is 26.6 Å². The van der Waals surface area contributed by atoms with Gasteiger partial charge in [0.15, 0.2) is 0 Å². The van der Waals surface area contributed by atoms with Gasteiger partial charge in [0, 0.05) is 10.2 Å². The van der Waals surface area contributed by atoms with Crippen molar-refractivity contribution < 1.29 is 14.7 Å². The minimum atomic E-state index is -1.00. The van der Waals surface area contributed by atoms with Gasteiger partial charge in [0.05, 0.1) is 12.6 Å². The van der Waals surface area contributed by atoms with Crippen LogP contribution in [0.3, 0.4) is 0 Å². The van der Waals surface area contributed by atoms with Crippen LogP contribution in [0.2, 0.25) is 0 Å². The summed E-state index contributed by atoms with van der Waals surface area (Å²) in [4.78, 5) is 23.2. The molecule has 0 fully saturated rings. The standard InChI is InChI=1S/C17H17BrN2O3/c18-13-7-4-8-14(10-13)20-17(23)15(19-11-16(21)22)9-12-5-2-1-3-6-12/h1-8,10,15,19H,9,11H2,(H,20,23)(H,21,22). The minimum absolute atomic E-state index is 0.270. The topological polar surface area (TPSA) is 78.4 Å². The Morgan fingerprint density at radius 3 is 2.48 bits per heavy atom. The summed E-state index contributed by atoms with van der Waals surface area (Å²) < 4.78 is 0.855. The first kappa shape index (κ1) is 17.2. The lowest BCUT2D eigenvalue weighted by Crippen LogP contribution is -2.44. The Labute approximate surface area is 142 Å². The third kappa shape index (κ3) is 5.84. The zero-order chi connectivity index (χ0) is 16.7. The Bertz CT molecular complexity index is 677. The first-order valence-electron chi connectivity index (χ1n) is 7.10. The Morgan fingerprint density at radius 2 is 1.83 bits per heavy atom. The van der Waals surface area contributed by atoms with Crippen molar-refractivity contribution in [2.24, 2.45) is 0 Å². The maximum atomic E-state index is 12.5. The fourth-order valence-electron chi connectivity index (χ4n) is 2.11. The van der Waals surface area contributed by atoms with Crippen LogP contribution in [0.1, 0.15) is 5.56 Å². The molecule has 0 radical (unpaired) electrons. The summed E-state index contributed by atoms with van der Waals surface area (Å²) in [5.74, 6) is -1.27. The molecule has 0 saturated carbocycles. The van der Waals surface area contributed by atoms with Crippen LogP contribution in [-0.2, 0) is 16.0 Å². The normalized spacial score (nSPS) is 11.7. The number of carbonyl (C=O) groups is 2. The molecule has 1 atom stereocenters. The predicted octanol–water partition coefficient (Wildman–Crippen LogP) is 2.67. The summed E-state index contributed by atoms with van der Waals surface area (Å²) in [6, 6.07) is 16.1. The van der Waals surface area contributed by atoms with Crippen molar-refractivity contribution >= 4 is 33.5 Å². The van der Waals surface area contributed by atoms with E-state index in [1.165, 1.54) is 0 Å². The summed E-state index contributed by atoms with van der Waals surface area (Å²) in [5.41, 5.74) is 1.61. The maximum Gasteiger partial charge on any atom is 0.317 e. The highest BCUT2D eigenvalue weighted by Crippen LogP contribution is 2.16. The molecule has 0 spiro atoms. The highest BCUT2D eigenvalue weighted by molar-refractivity contribution is 9.10. The number of benzene rings is 2. The summed E-state index contributed by atoms with van der Waals surface area (Å²) in [6.07, 6.45) is 0.411. The van der Waals surface area contributed by atoms with Gasteiger partial charge in [-0.2, -0.15) is 0 Å². The van der Waals surface area contributed by atoms with Crippen molar-refractivity contribution in [3.8, 4) is 0 Å². The fourth-order valence-corrected chi connectivity index (χ4v) is 2.51. The third-order valence-corrected chi connectivity index (χ3v) is 3.68. The van der Waals surface area contributed by atoms with Crippen LogP contribution in [0.5, 0.6) is 0 Å². The van der Waals surface area contributed by atoms with Crippen molar-refractivity contribution in [1.82, 2.24) is 5.32 Å². The summed E-state index contributed by atoms with van der Waals surface area (Å²) >= 11 is 3.35. The fraction of sp³-hybridized carbons (Fsp3) is 0.176. The van der Waals surface area contributed by atoms with Gasteiger partial charge in [-0.1, -0.05) is 52.3 Å². The third-order valence-electron chi connectivity index (χ3n) is 3.19. The van der Waals surface area contributed by atoms with Crippen LogP contribution < -0.4 is 10.6 Å². The lowest BCUT2D eigenvalue weighted by atomic mass is 10.1. The number of nitrogens with one attached hydrogen (secondary N) is 2. The van der Waals surface area contributed by atoms with Crippen LogP contribution in [0.25, 0.3) is 0 Å². The number of halogens is 1. The number of rotatable bonds is 7. The van der Waals surface area contributed by atoms with Crippen molar-refractivity contribution in [2.75, 3.05) is 11.9 Å². The number of hydrogen-bond acceptors (Lipinski definition) is 3.